The monoisotopic (exact) mass is 481 g/mol. The van der Waals surface area contributed by atoms with Crippen LogP contribution >= 0.6 is 23.1 Å². The number of carbonyl (C=O) groups excluding carboxylic acids is 1. The number of amides is 1. The molecule has 1 N–H and O–H groups in total. The van der Waals surface area contributed by atoms with Gasteiger partial charge in [-0.1, -0.05) is 36.7 Å². The maximum Gasteiger partial charge on any atom is 0.235 e. The summed E-state index contributed by atoms with van der Waals surface area (Å²) in [6.07, 6.45) is 7.25. The average molecular weight is 482 g/mol. The van der Waals surface area contributed by atoms with Gasteiger partial charge in [0.05, 0.1) is 18.4 Å². The van der Waals surface area contributed by atoms with Crippen molar-refractivity contribution in [1.29, 1.82) is 5.26 Å². The third kappa shape index (κ3) is 5.57. The number of hydrogen-bond donors (Lipinski definition) is 1. The average Bonchev–Trinajstić information content (AvgIpc) is 3.31. The van der Waals surface area contributed by atoms with Gasteiger partial charge in [0.1, 0.15) is 22.6 Å². The molecule has 0 saturated heterocycles. The number of nitrogens with zero attached hydrogens (tertiary/aromatic N) is 4. The number of thiophene rings is 1. The molecule has 0 aliphatic heterocycles. The maximum absolute atomic E-state index is 12.7. The summed E-state index contributed by atoms with van der Waals surface area (Å²) in [7, 11) is 3.56. The number of aromatic nitrogens is 3. The van der Waals surface area contributed by atoms with E-state index in [2.05, 4.69) is 21.6 Å². The Labute approximate surface area is 202 Å². The van der Waals surface area contributed by atoms with Crippen LogP contribution in [0.2, 0.25) is 0 Å². The van der Waals surface area contributed by atoms with Crippen molar-refractivity contribution < 1.29 is 9.53 Å². The Hall–Kier alpha value is -2.83. The third-order valence-electron chi connectivity index (χ3n) is 5.81. The predicted octanol–water partition coefficient (Wildman–Crippen LogP) is 4.74. The lowest BCUT2D eigenvalue weighted by atomic mass is 9.97. The van der Waals surface area contributed by atoms with E-state index in [1.165, 1.54) is 29.5 Å². The quantitative estimate of drug-likeness (QED) is 0.490. The van der Waals surface area contributed by atoms with Gasteiger partial charge in [-0.05, 0) is 48.9 Å². The van der Waals surface area contributed by atoms with E-state index < -0.39 is 0 Å². The van der Waals surface area contributed by atoms with Crippen LogP contribution in [0.25, 0.3) is 0 Å². The molecule has 1 aromatic carbocycles. The highest BCUT2D eigenvalue weighted by molar-refractivity contribution is 7.99. The highest BCUT2D eigenvalue weighted by Gasteiger charge is 2.21. The zero-order valence-electron chi connectivity index (χ0n) is 18.9. The van der Waals surface area contributed by atoms with E-state index in [4.69, 9.17) is 4.74 Å². The Kier molecular flexibility index (Phi) is 7.68. The molecular formula is C24H27N5O2S2. The first-order chi connectivity index (χ1) is 16.1. The van der Waals surface area contributed by atoms with E-state index >= 15 is 0 Å². The number of ether oxygens (including phenoxy) is 1. The van der Waals surface area contributed by atoms with E-state index in [9.17, 15) is 10.1 Å². The number of methoxy groups -OCH3 is 1. The lowest BCUT2D eigenvalue weighted by Gasteiger charge is -2.08. The Morgan fingerprint density at radius 1 is 1.21 bits per heavy atom. The van der Waals surface area contributed by atoms with Gasteiger partial charge in [-0.2, -0.15) is 5.26 Å². The molecule has 9 heteroatoms. The second-order valence-corrected chi connectivity index (χ2v) is 10.1. The van der Waals surface area contributed by atoms with Crippen molar-refractivity contribution in [3.63, 3.8) is 0 Å². The molecule has 1 aliphatic carbocycles. The molecule has 1 aliphatic rings. The number of nitriles is 1. The number of aryl methyl sites for hydroxylation is 1. The molecule has 0 atom stereocenters. The summed E-state index contributed by atoms with van der Waals surface area (Å²) in [6.45, 7) is 0. The van der Waals surface area contributed by atoms with Gasteiger partial charge in [0.25, 0.3) is 0 Å². The number of carbonyl (C=O) groups is 1. The molecule has 172 valence electrons. The SMILES string of the molecule is COc1ccc(Cc2nnc(SCC(=O)Nc3sc4c(c3C#N)CCCCCC4)n2C)cc1. The number of fused-ring (bicyclic) bond motifs is 1. The van der Waals surface area contributed by atoms with Crippen LogP contribution in [0.3, 0.4) is 0 Å². The minimum atomic E-state index is -0.134. The molecule has 7 nitrogen and oxygen atoms in total. The van der Waals surface area contributed by atoms with Crippen LogP contribution in [0.4, 0.5) is 5.00 Å². The van der Waals surface area contributed by atoms with E-state index in [0.717, 1.165) is 48.4 Å². The van der Waals surface area contributed by atoms with Crippen LogP contribution in [0.5, 0.6) is 5.75 Å². The fourth-order valence-corrected chi connectivity index (χ4v) is 5.96. The number of benzene rings is 1. The zero-order chi connectivity index (χ0) is 23.2. The van der Waals surface area contributed by atoms with Gasteiger partial charge in [0.2, 0.25) is 5.91 Å². The number of rotatable bonds is 7. The number of thioether (sulfide) groups is 1. The molecule has 0 fully saturated rings. The Bertz CT molecular complexity index is 1160. The first kappa shape index (κ1) is 23.3. The lowest BCUT2D eigenvalue weighted by Crippen LogP contribution is -2.14. The highest BCUT2D eigenvalue weighted by Crippen LogP contribution is 2.36. The number of anilines is 1. The normalized spacial score (nSPS) is 13.5. The summed E-state index contributed by atoms with van der Waals surface area (Å²) in [5, 5.41) is 22.6. The van der Waals surface area contributed by atoms with Crippen LogP contribution in [-0.2, 0) is 31.1 Å². The number of nitrogens with one attached hydrogen (secondary N) is 1. The van der Waals surface area contributed by atoms with Crippen LogP contribution in [0.15, 0.2) is 29.4 Å². The van der Waals surface area contributed by atoms with Crippen molar-refractivity contribution in [2.75, 3.05) is 18.2 Å². The standard InChI is InChI=1S/C24H27N5O2S2/c1-29-21(13-16-9-11-17(31-2)12-10-16)27-28-24(29)32-15-22(30)26-23-19(14-25)18-7-5-3-4-6-8-20(18)33-23/h9-12H,3-8,13,15H2,1-2H3,(H,26,30). The molecule has 4 rings (SSSR count). The van der Waals surface area contributed by atoms with Gasteiger partial charge in [-0.25, -0.2) is 0 Å². The van der Waals surface area contributed by atoms with Crippen molar-refractivity contribution in [2.45, 2.75) is 50.1 Å². The predicted molar refractivity (Wildman–Crippen MR) is 131 cm³/mol. The van der Waals surface area contributed by atoms with Crippen molar-refractivity contribution in [3.8, 4) is 11.8 Å². The van der Waals surface area contributed by atoms with Gasteiger partial charge in [0.15, 0.2) is 5.16 Å². The molecule has 0 spiro atoms. The zero-order valence-corrected chi connectivity index (χ0v) is 20.5. The first-order valence-electron chi connectivity index (χ1n) is 11.1. The van der Waals surface area contributed by atoms with Gasteiger partial charge in [-0.15, -0.1) is 21.5 Å². The van der Waals surface area contributed by atoms with E-state index in [-0.39, 0.29) is 11.7 Å². The summed E-state index contributed by atoms with van der Waals surface area (Å²) in [5.74, 6) is 1.72. The molecule has 2 aromatic heterocycles. The molecule has 2 heterocycles. The Morgan fingerprint density at radius 2 is 1.97 bits per heavy atom. The third-order valence-corrected chi connectivity index (χ3v) is 8.04. The molecule has 0 bridgehead atoms. The van der Waals surface area contributed by atoms with Crippen molar-refractivity contribution in [1.82, 2.24) is 14.8 Å². The minimum Gasteiger partial charge on any atom is -0.497 e. The highest BCUT2D eigenvalue weighted by atomic mass is 32.2. The molecule has 1 amide bonds. The van der Waals surface area contributed by atoms with Gasteiger partial charge < -0.3 is 14.6 Å². The summed E-state index contributed by atoms with van der Waals surface area (Å²) < 4.78 is 7.12. The van der Waals surface area contributed by atoms with Gasteiger partial charge >= 0.3 is 0 Å². The maximum atomic E-state index is 12.7. The fraction of sp³-hybridized carbons (Fsp3) is 0.417. The van der Waals surface area contributed by atoms with Crippen molar-refractivity contribution >= 4 is 34.0 Å². The molecular weight excluding hydrogens is 454 g/mol. The van der Waals surface area contributed by atoms with E-state index in [1.54, 1.807) is 18.4 Å². The second kappa shape index (κ2) is 10.9. The molecule has 3 aromatic rings. The van der Waals surface area contributed by atoms with E-state index in [0.29, 0.717) is 22.1 Å². The molecule has 33 heavy (non-hydrogen) atoms. The molecule has 0 radical (unpaired) electrons. The van der Waals surface area contributed by atoms with E-state index in [1.807, 2.05) is 35.9 Å². The summed E-state index contributed by atoms with van der Waals surface area (Å²) in [6, 6.07) is 10.2. The van der Waals surface area contributed by atoms with Gasteiger partial charge in [0, 0.05) is 18.3 Å². The van der Waals surface area contributed by atoms with Crippen LogP contribution in [-0.4, -0.2) is 33.5 Å². The van der Waals surface area contributed by atoms with Crippen LogP contribution in [0, 0.1) is 11.3 Å². The Balaban J connectivity index is 1.37. The molecule has 0 saturated carbocycles. The van der Waals surface area contributed by atoms with Crippen molar-refractivity contribution in [3.05, 3.63) is 51.7 Å². The smallest absolute Gasteiger partial charge is 0.235 e. The topological polar surface area (TPSA) is 92.8 Å². The molecule has 0 unspecified atom stereocenters. The summed E-state index contributed by atoms with van der Waals surface area (Å²) >= 11 is 2.91. The minimum absolute atomic E-state index is 0.134. The lowest BCUT2D eigenvalue weighted by molar-refractivity contribution is -0.113. The fourth-order valence-electron chi connectivity index (χ4n) is 3.97. The van der Waals surface area contributed by atoms with Gasteiger partial charge in [-0.3, -0.25) is 4.79 Å². The van der Waals surface area contributed by atoms with Crippen LogP contribution < -0.4 is 10.1 Å². The first-order valence-corrected chi connectivity index (χ1v) is 12.9. The summed E-state index contributed by atoms with van der Waals surface area (Å²) in [5.41, 5.74) is 2.90. The second-order valence-electron chi connectivity index (χ2n) is 8.05. The van der Waals surface area contributed by atoms with Crippen molar-refractivity contribution in [2.24, 2.45) is 7.05 Å². The largest absolute Gasteiger partial charge is 0.497 e. The Morgan fingerprint density at radius 3 is 2.70 bits per heavy atom. The van der Waals surface area contributed by atoms with Crippen LogP contribution in [0.1, 0.15) is 53.1 Å². The summed E-state index contributed by atoms with van der Waals surface area (Å²) in [4.78, 5) is 13.9. The number of hydrogen-bond acceptors (Lipinski definition) is 7.